The van der Waals surface area contributed by atoms with Gasteiger partial charge < -0.3 is 10.1 Å². The quantitative estimate of drug-likeness (QED) is 0.790. The third kappa shape index (κ3) is 4.31. The second-order valence-corrected chi connectivity index (χ2v) is 6.48. The predicted molar refractivity (Wildman–Crippen MR) is 89.8 cm³/mol. The van der Waals surface area contributed by atoms with Crippen molar-refractivity contribution in [2.24, 2.45) is 0 Å². The van der Waals surface area contributed by atoms with E-state index in [1.54, 1.807) is 0 Å². The van der Waals surface area contributed by atoms with Crippen molar-refractivity contribution < 1.29 is 4.74 Å². The number of methoxy groups -OCH3 is 1. The Labute approximate surface area is 130 Å². The first-order chi connectivity index (χ1) is 10.2. The molecule has 0 heterocycles. The molecule has 118 valence electrons. The fourth-order valence-corrected chi connectivity index (χ4v) is 3.67. The van der Waals surface area contributed by atoms with Gasteiger partial charge in [0.1, 0.15) is 0 Å². The van der Waals surface area contributed by atoms with Crippen LogP contribution in [0.3, 0.4) is 0 Å². The largest absolute Gasteiger partial charge is 0.377 e. The van der Waals surface area contributed by atoms with Crippen LogP contribution in [0.25, 0.3) is 0 Å². The number of hydrogen-bond donors (Lipinski definition) is 1. The number of likely N-dealkylation sites (N-methyl/N-ethyl adjacent to an activating group) is 1. The van der Waals surface area contributed by atoms with Crippen molar-refractivity contribution in [2.75, 3.05) is 13.7 Å². The van der Waals surface area contributed by atoms with E-state index in [-0.39, 0.29) is 5.60 Å². The molecule has 1 saturated carbocycles. The number of aryl methyl sites for hydroxylation is 1. The Morgan fingerprint density at radius 3 is 2.24 bits per heavy atom. The van der Waals surface area contributed by atoms with Gasteiger partial charge in [0.15, 0.2) is 0 Å². The Bertz CT molecular complexity index is 404. The molecular weight excluding hydrogens is 258 g/mol. The van der Waals surface area contributed by atoms with Crippen LogP contribution in [0.5, 0.6) is 0 Å². The summed E-state index contributed by atoms with van der Waals surface area (Å²) in [5.74, 6) is 0. The maximum Gasteiger partial charge on any atom is 0.0834 e. The highest BCUT2D eigenvalue weighted by molar-refractivity contribution is 5.23. The van der Waals surface area contributed by atoms with E-state index in [9.17, 15) is 0 Å². The van der Waals surface area contributed by atoms with E-state index < -0.39 is 0 Å². The van der Waals surface area contributed by atoms with E-state index in [1.807, 2.05) is 7.11 Å². The lowest BCUT2D eigenvalue weighted by molar-refractivity contribution is -0.0523. The van der Waals surface area contributed by atoms with Crippen LogP contribution < -0.4 is 5.32 Å². The third-order valence-corrected chi connectivity index (χ3v) is 5.00. The molecule has 0 aliphatic heterocycles. The number of ether oxygens (including phenoxy) is 1. The standard InChI is InChI=1S/C19H31NO/c1-4-20-18(15-17-11-9-16(2)10-12-17)19(21-3)13-7-5-6-8-14-19/h9-12,18,20H,4-8,13-15H2,1-3H3. The maximum atomic E-state index is 6.11. The van der Waals surface area contributed by atoms with Crippen LogP contribution in [-0.4, -0.2) is 25.3 Å². The first-order valence-corrected chi connectivity index (χ1v) is 8.54. The van der Waals surface area contributed by atoms with Crippen molar-refractivity contribution in [3.05, 3.63) is 35.4 Å². The Morgan fingerprint density at radius 1 is 1.10 bits per heavy atom. The second kappa shape index (κ2) is 7.95. The van der Waals surface area contributed by atoms with Gasteiger partial charge in [0, 0.05) is 13.2 Å². The summed E-state index contributed by atoms with van der Waals surface area (Å²) in [5, 5.41) is 3.71. The molecule has 21 heavy (non-hydrogen) atoms. The third-order valence-electron chi connectivity index (χ3n) is 5.00. The lowest BCUT2D eigenvalue weighted by Crippen LogP contribution is -2.53. The second-order valence-electron chi connectivity index (χ2n) is 6.48. The van der Waals surface area contributed by atoms with Crippen molar-refractivity contribution in [3.63, 3.8) is 0 Å². The molecule has 1 atom stereocenters. The lowest BCUT2D eigenvalue weighted by Gasteiger charge is -2.40. The molecule has 1 aliphatic carbocycles. The van der Waals surface area contributed by atoms with E-state index in [0.29, 0.717) is 6.04 Å². The van der Waals surface area contributed by atoms with Crippen LogP contribution in [0.15, 0.2) is 24.3 Å². The van der Waals surface area contributed by atoms with Crippen molar-refractivity contribution in [3.8, 4) is 0 Å². The molecule has 1 fully saturated rings. The monoisotopic (exact) mass is 289 g/mol. The van der Waals surface area contributed by atoms with Gasteiger partial charge in [-0.3, -0.25) is 0 Å². The zero-order chi connectivity index (χ0) is 15.1. The molecule has 0 aromatic heterocycles. The minimum Gasteiger partial charge on any atom is -0.377 e. The number of hydrogen-bond acceptors (Lipinski definition) is 2. The van der Waals surface area contributed by atoms with Gasteiger partial charge in [-0.1, -0.05) is 62.4 Å². The van der Waals surface area contributed by atoms with E-state index in [2.05, 4.69) is 43.4 Å². The predicted octanol–water partition coefficient (Wildman–Crippen LogP) is 4.26. The van der Waals surface area contributed by atoms with E-state index >= 15 is 0 Å². The Balaban J connectivity index is 2.16. The molecule has 0 spiro atoms. The Morgan fingerprint density at radius 2 is 1.71 bits per heavy atom. The Kier molecular flexibility index (Phi) is 6.25. The average Bonchev–Trinajstić information content (AvgIpc) is 2.75. The molecule has 1 aromatic rings. The maximum absolute atomic E-state index is 6.11. The molecule has 0 bridgehead atoms. The summed E-state index contributed by atoms with van der Waals surface area (Å²) >= 11 is 0. The molecular formula is C19H31NO. The summed E-state index contributed by atoms with van der Waals surface area (Å²) in [7, 11) is 1.91. The van der Waals surface area contributed by atoms with Gasteiger partial charge in [0.2, 0.25) is 0 Å². The van der Waals surface area contributed by atoms with Crippen LogP contribution in [0.4, 0.5) is 0 Å². The Hall–Kier alpha value is -0.860. The van der Waals surface area contributed by atoms with Crippen LogP contribution in [0.2, 0.25) is 0 Å². The summed E-state index contributed by atoms with van der Waals surface area (Å²) in [4.78, 5) is 0. The van der Waals surface area contributed by atoms with Gasteiger partial charge in [-0.25, -0.2) is 0 Å². The number of benzene rings is 1. The molecule has 1 aromatic carbocycles. The minimum absolute atomic E-state index is 0.0113. The van der Waals surface area contributed by atoms with Crippen molar-refractivity contribution in [2.45, 2.75) is 70.4 Å². The molecule has 1 aliphatic rings. The first kappa shape index (κ1) is 16.5. The molecule has 0 amide bonds. The molecule has 1 N–H and O–H groups in total. The van der Waals surface area contributed by atoms with Gasteiger partial charge in [-0.15, -0.1) is 0 Å². The topological polar surface area (TPSA) is 21.3 Å². The zero-order valence-electron chi connectivity index (χ0n) is 14.0. The van der Waals surface area contributed by atoms with Gasteiger partial charge in [-0.2, -0.15) is 0 Å². The molecule has 1 unspecified atom stereocenters. The van der Waals surface area contributed by atoms with E-state index in [1.165, 1.54) is 49.7 Å². The SMILES string of the molecule is CCNC(Cc1ccc(C)cc1)C1(OC)CCCCCC1. The molecule has 2 nitrogen and oxygen atoms in total. The van der Waals surface area contributed by atoms with Gasteiger partial charge in [0.25, 0.3) is 0 Å². The summed E-state index contributed by atoms with van der Waals surface area (Å²) in [6, 6.07) is 9.36. The molecule has 0 radical (unpaired) electrons. The highest BCUT2D eigenvalue weighted by Crippen LogP contribution is 2.34. The van der Waals surface area contributed by atoms with E-state index in [0.717, 1.165) is 13.0 Å². The fourth-order valence-electron chi connectivity index (χ4n) is 3.67. The summed E-state index contributed by atoms with van der Waals surface area (Å²) in [5.41, 5.74) is 2.75. The first-order valence-electron chi connectivity index (χ1n) is 8.54. The highest BCUT2D eigenvalue weighted by Gasteiger charge is 2.38. The fraction of sp³-hybridized carbons (Fsp3) is 0.684. The van der Waals surface area contributed by atoms with Crippen LogP contribution >= 0.6 is 0 Å². The summed E-state index contributed by atoms with van der Waals surface area (Å²) in [6.07, 6.45) is 8.73. The molecule has 0 saturated heterocycles. The average molecular weight is 289 g/mol. The summed E-state index contributed by atoms with van der Waals surface area (Å²) < 4.78 is 6.11. The lowest BCUT2D eigenvalue weighted by atomic mass is 9.82. The minimum atomic E-state index is 0.0113. The van der Waals surface area contributed by atoms with Crippen molar-refractivity contribution in [1.29, 1.82) is 0 Å². The molecule has 2 rings (SSSR count). The normalized spacial score (nSPS) is 20.0. The van der Waals surface area contributed by atoms with Gasteiger partial charge >= 0.3 is 0 Å². The van der Waals surface area contributed by atoms with Crippen molar-refractivity contribution >= 4 is 0 Å². The van der Waals surface area contributed by atoms with Crippen LogP contribution in [-0.2, 0) is 11.2 Å². The summed E-state index contributed by atoms with van der Waals surface area (Å²) in [6.45, 7) is 5.34. The van der Waals surface area contributed by atoms with Gasteiger partial charge in [-0.05, 0) is 38.3 Å². The zero-order valence-corrected chi connectivity index (χ0v) is 14.0. The smallest absolute Gasteiger partial charge is 0.0834 e. The number of nitrogens with one attached hydrogen (secondary N) is 1. The van der Waals surface area contributed by atoms with Crippen LogP contribution in [0.1, 0.15) is 56.6 Å². The van der Waals surface area contributed by atoms with Crippen molar-refractivity contribution in [1.82, 2.24) is 5.32 Å². The van der Waals surface area contributed by atoms with Gasteiger partial charge in [0.05, 0.1) is 5.60 Å². The van der Waals surface area contributed by atoms with Crippen LogP contribution in [0, 0.1) is 6.92 Å². The highest BCUT2D eigenvalue weighted by atomic mass is 16.5. The van der Waals surface area contributed by atoms with E-state index in [4.69, 9.17) is 4.74 Å². The molecule has 2 heteroatoms. The number of rotatable bonds is 6.